The average Bonchev–Trinajstić information content (AvgIpc) is 3.27. The molecule has 1 heterocycles. The summed E-state index contributed by atoms with van der Waals surface area (Å²) in [6.45, 7) is 2.96. The van der Waals surface area contributed by atoms with Crippen LogP contribution in [0.1, 0.15) is 33.1 Å². The minimum absolute atomic E-state index is 0.0424. The number of aliphatic hydroxyl groups is 1. The molecule has 7 nitrogen and oxygen atoms in total. The molecule has 0 radical (unpaired) electrons. The molecule has 0 saturated carbocycles. The minimum atomic E-state index is -4.87. The first-order valence-corrected chi connectivity index (χ1v) is 11.9. The molecule has 0 amide bonds. The summed E-state index contributed by atoms with van der Waals surface area (Å²) < 4.78 is 67.3. The van der Waals surface area contributed by atoms with E-state index < -0.39 is 24.0 Å². The Morgan fingerprint density at radius 1 is 1.05 bits per heavy atom. The van der Waals surface area contributed by atoms with Crippen LogP contribution in [0.15, 0.2) is 54.7 Å². The number of halogens is 4. The number of hydrogen-bond donors (Lipinski definition) is 3. The lowest BCUT2D eigenvalue weighted by atomic mass is 9.93. The van der Waals surface area contributed by atoms with E-state index in [4.69, 9.17) is 14.6 Å². The number of benzene rings is 3. The molecule has 11 heteroatoms. The number of anilines is 1. The maximum atomic E-state index is 14.0. The molecule has 0 fully saturated rings. The molecule has 0 aliphatic rings. The van der Waals surface area contributed by atoms with Crippen molar-refractivity contribution in [2.45, 2.75) is 26.3 Å². The number of aromatic nitrogens is 1. The molecule has 1 atom stereocenters. The number of aromatic amines is 1. The van der Waals surface area contributed by atoms with Crippen LogP contribution in [0.2, 0.25) is 0 Å². The summed E-state index contributed by atoms with van der Waals surface area (Å²) in [4.78, 5) is 16.9. The van der Waals surface area contributed by atoms with Crippen molar-refractivity contribution in [3.8, 4) is 17.2 Å². The number of H-pyrrole nitrogens is 1. The summed E-state index contributed by atoms with van der Waals surface area (Å²) in [5.41, 5.74) is 2.13. The van der Waals surface area contributed by atoms with Crippen LogP contribution in [0.3, 0.4) is 0 Å². The second kappa shape index (κ2) is 11.2. The zero-order valence-electron chi connectivity index (χ0n) is 21.3. The van der Waals surface area contributed by atoms with E-state index in [-0.39, 0.29) is 35.6 Å². The minimum Gasteiger partial charge on any atom is -0.497 e. The Labute approximate surface area is 221 Å². The molecule has 3 N–H and O–H groups in total. The van der Waals surface area contributed by atoms with Crippen molar-refractivity contribution >= 4 is 22.4 Å². The van der Waals surface area contributed by atoms with E-state index in [1.54, 1.807) is 25.1 Å². The summed E-state index contributed by atoms with van der Waals surface area (Å²) in [5, 5.41) is 12.7. The quantitative estimate of drug-likeness (QED) is 0.161. The second-order valence-corrected chi connectivity index (χ2v) is 8.83. The molecule has 1 unspecified atom stereocenters. The molecular weight excluding hydrogens is 520 g/mol. The van der Waals surface area contributed by atoms with Gasteiger partial charge in [-0.2, -0.15) is 0 Å². The molecule has 0 saturated heterocycles. The lowest BCUT2D eigenvalue weighted by Gasteiger charge is -2.22. The van der Waals surface area contributed by atoms with E-state index in [1.165, 1.54) is 50.6 Å². The Balaban J connectivity index is 1.78. The number of fused-ring (bicyclic) bond motifs is 1. The van der Waals surface area contributed by atoms with E-state index in [2.05, 4.69) is 15.0 Å². The second-order valence-electron chi connectivity index (χ2n) is 8.83. The molecule has 0 bridgehead atoms. The summed E-state index contributed by atoms with van der Waals surface area (Å²) in [6.07, 6.45) is -3.45. The first kappa shape index (κ1) is 27.8. The first-order chi connectivity index (χ1) is 18.5. The van der Waals surface area contributed by atoms with Gasteiger partial charge >= 0.3 is 6.36 Å². The highest BCUT2D eigenvalue weighted by Crippen LogP contribution is 2.35. The van der Waals surface area contributed by atoms with Crippen molar-refractivity contribution in [1.82, 2.24) is 4.98 Å². The summed E-state index contributed by atoms with van der Waals surface area (Å²) in [5.74, 6) is -0.460. The van der Waals surface area contributed by atoms with Gasteiger partial charge in [-0.05, 0) is 48.7 Å². The van der Waals surface area contributed by atoms with Crippen molar-refractivity contribution in [2.75, 3.05) is 25.6 Å². The highest BCUT2D eigenvalue weighted by molar-refractivity contribution is 6.12. The predicted octanol–water partition coefficient (Wildman–Crippen LogP) is 6.24. The van der Waals surface area contributed by atoms with Gasteiger partial charge < -0.3 is 29.6 Å². The lowest BCUT2D eigenvalue weighted by Crippen LogP contribution is -2.22. The standard InChI is InChI=1S/C28H26F4N2O5/c1-15-8-17(29)4-5-21(15)26(34-18-10-19(37-3)12-20(11-18)38-7-6-35)27(36)23-14-33-24-13-25(39-28(30,31)32)16(2)9-22(23)24/h4-5,8-14,26,33-35H,6-7H2,1-3H3. The van der Waals surface area contributed by atoms with Crippen molar-refractivity contribution < 1.29 is 41.7 Å². The predicted molar refractivity (Wildman–Crippen MR) is 137 cm³/mol. The monoisotopic (exact) mass is 546 g/mol. The third-order valence-corrected chi connectivity index (χ3v) is 6.06. The van der Waals surface area contributed by atoms with Gasteiger partial charge in [0.2, 0.25) is 0 Å². The smallest absolute Gasteiger partial charge is 0.497 e. The number of methoxy groups -OCH3 is 1. The topological polar surface area (TPSA) is 92.8 Å². The van der Waals surface area contributed by atoms with Crippen LogP contribution in [-0.2, 0) is 0 Å². The Hall–Kier alpha value is -4.25. The lowest BCUT2D eigenvalue weighted by molar-refractivity contribution is -0.274. The largest absolute Gasteiger partial charge is 0.573 e. The van der Waals surface area contributed by atoms with Crippen molar-refractivity contribution in [3.05, 3.63) is 82.8 Å². The zero-order valence-corrected chi connectivity index (χ0v) is 21.3. The van der Waals surface area contributed by atoms with Crippen molar-refractivity contribution in [3.63, 3.8) is 0 Å². The van der Waals surface area contributed by atoms with Gasteiger partial charge in [-0.25, -0.2) is 4.39 Å². The third kappa shape index (κ3) is 6.43. The van der Waals surface area contributed by atoms with Gasteiger partial charge in [0.1, 0.15) is 35.7 Å². The maximum absolute atomic E-state index is 14.0. The number of aliphatic hydroxyl groups excluding tert-OH is 1. The van der Waals surface area contributed by atoms with Crippen LogP contribution < -0.4 is 19.5 Å². The van der Waals surface area contributed by atoms with Gasteiger partial charge in [0.25, 0.3) is 0 Å². The Morgan fingerprint density at radius 2 is 1.79 bits per heavy atom. The normalized spacial score (nSPS) is 12.3. The van der Waals surface area contributed by atoms with Crippen molar-refractivity contribution in [2.24, 2.45) is 0 Å². The zero-order chi connectivity index (χ0) is 28.3. The molecule has 4 aromatic rings. The molecule has 0 aliphatic heterocycles. The Bertz CT molecular complexity index is 1500. The number of rotatable bonds is 10. The van der Waals surface area contributed by atoms with Crippen LogP contribution in [0.5, 0.6) is 17.2 Å². The van der Waals surface area contributed by atoms with Gasteiger partial charge in [0.05, 0.1) is 13.7 Å². The van der Waals surface area contributed by atoms with Crippen LogP contribution in [-0.4, -0.2) is 42.6 Å². The van der Waals surface area contributed by atoms with Crippen LogP contribution >= 0.6 is 0 Å². The number of carbonyl (C=O) groups is 1. The van der Waals surface area contributed by atoms with Gasteiger partial charge in [0, 0.05) is 52.6 Å². The number of aryl methyl sites for hydroxylation is 2. The van der Waals surface area contributed by atoms with Crippen molar-refractivity contribution in [1.29, 1.82) is 0 Å². The fourth-order valence-electron chi connectivity index (χ4n) is 4.29. The number of nitrogens with one attached hydrogen (secondary N) is 2. The van der Waals surface area contributed by atoms with E-state index in [0.717, 1.165) is 0 Å². The Kier molecular flexibility index (Phi) is 8.01. The van der Waals surface area contributed by atoms with Crippen LogP contribution in [0.4, 0.5) is 23.2 Å². The molecule has 0 spiro atoms. The molecule has 0 aliphatic carbocycles. The SMILES string of the molecule is COc1cc(NC(C(=O)c2c[nH]c3cc(OC(F)(F)F)c(C)cc23)c2ccc(F)cc2C)cc(OCCO)c1. The average molecular weight is 547 g/mol. The number of hydrogen-bond acceptors (Lipinski definition) is 6. The molecule has 3 aromatic carbocycles. The summed E-state index contributed by atoms with van der Waals surface area (Å²) in [7, 11) is 1.47. The van der Waals surface area contributed by atoms with Gasteiger partial charge in [-0.3, -0.25) is 4.79 Å². The number of ketones is 1. The van der Waals surface area contributed by atoms with Crippen LogP contribution in [0.25, 0.3) is 10.9 Å². The van der Waals surface area contributed by atoms with Gasteiger partial charge in [-0.15, -0.1) is 13.2 Å². The number of ether oxygens (including phenoxy) is 3. The highest BCUT2D eigenvalue weighted by atomic mass is 19.4. The third-order valence-electron chi connectivity index (χ3n) is 6.06. The molecule has 206 valence electrons. The molecular formula is C28H26F4N2O5. The van der Waals surface area contributed by atoms with Gasteiger partial charge in [0.15, 0.2) is 5.78 Å². The first-order valence-electron chi connectivity index (χ1n) is 11.9. The maximum Gasteiger partial charge on any atom is 0.573 e. The van der Waals surface area contributed by atoms with E-state index >= 15 is 0 Å². The molecule has 39 heavy (non-hydrogen) atoms. The van der Waals surface area contributed by atoms with E-state index in [9.17, 15) is 22.4 Å². The van der Waals surface area contributed by atoms with E-state index in [1.807, 2.05) is 0 Å². The molecule has 4 rings (SSSR count). The van der Waals surface area contributed by atoms with E-state index in [0.29, 0.717) is 33.7 Å². The number of carbonyl (C=O) groups excluding carboxylic acids is 1. The Morgan fingerprint density at radius 3 is 2.46 bits per heavy atom. The fraction of sp³-hybridized carbons (Fsp3) is 0.250. The number of alkyl halides is 3. The van der Waals surface area contributed by atoms with Gasteiger partial charge in [-0.1, -0.05) is 6.07 Å². The summed E-state index contributed by atoms with van der Waals surface area (Å²) in [6, 6.07) is 10.5. The molecule has 1 aromatic heterocycles. The van der Waals surface area contributed by atoms with Crippen LogP contribution in [0, 0.1) is 19.7 Å². The number of Topliss-reactive ketones (excluding diaryl/α,β-unsaturated/α-hetero) is 1. The summed E-state index contributed by atoms with van der Waals surface area (Å²) >= 11 is 0. The fourth-order valence-corrected chi connectivity index (χ4v) is 4.29. The highest BCUT2D eigenvalue weighted by Gasteiger charge is 2.32.